The molecule has 0 unspecified atom stereocenters. The van der Waals surface area contributed by atoms with E-state index in [-0.39, 0.29) is 5.69 Å². The van der Waals surface area contributed by atoms with Crippen LogP contribution in [0.25, 0.3) is 6.08 Å². The van der Waals surface area contributed by atoms with E-state index in [9.17, 15) is 14.9 Å². The second-order valence-corrected chi connectivity index (χ2v) is 3.15. The summed E-state index contributed by atoms with van der Waals surface area (Å²) in [7, 11) is 1.29. The number of hydrogen-bond acceptors (Lipinski definition) is 4. The van der Waals surface area contributed by atoms with Crippen molar-refractivity contribution in [1.29, 1.82) is 0 Å². The molecule has 0 saturated carbocycles. The first-order chi connectivity index (χ1) is 7.54. The molecule has 1 rings (SSSR count). The Bertz CT molecular complexity index is 451. The van der Waals surface area contributed by atoms with Crippen molar-refractivity contribution in [2.45, 2.75) is 6.92 Å². The molecule has 0 aliphatic carbocycles. The van der Waals surface area contributed by atoms with Crippen LogP contribution in [0.5, 0.6) is 0 Å². The summed E-state index contributed by atoms with van der Waals surface area (Å²) in [4.78, 5) is 20.9. The number of nitro groups is 1. The van der Waals surface area contributed by atoms with Crippen LogP contribution in [0.4, 0.5) is 5.69 Å². The third kappa shape index (κ3) is 2.91. The number of benzene rings is 1. The molecule has 1 aromatic carbocycles. The number of rotatable bonds is 3. The summed E-state index contributed by atoms with van der Waals surface area (Å²) in [5.41, 5.74) is 1.51. The molecule has 16 heavy (non-hydrogen) atoms. The van der Waals surface area contributed by atoms with E-state index in [1.165, 1.54) is 25.3 Å². The van der Waals surface area contributed by atoms with E-state index >= 15 is 0 Å². The van der Waals surface area contributed by atoms with Crippen LogP contribution in [0.1, 0.15) is 11.1 Å². The SMILES string of the molecule is COC(=O)/C=C/c1ccc([N+](=O)[O-])cc1C. The molecular formula is C11H11NO4. The highest BCUT2D eigenvalue weighted by molar-refractivity contribution is 5.87. The second kappa shape index (κ2) is 5.06. The van der Waals surface area contributed by atoms with Crippen LogP contribution in [0.2, 0.25) is 0 Å². The number of carbonyl (C=O) groups excluding carboxylic acids is 1. The lowest BCUT2D eigenvalue weighted by atomic mass is 10.1. The third-order valence-electron chi connectivity index (χ3n) is 2.06. The molecule has 0 heterocycles. The van der Waals surface area contributed by atoms with E-state index in [0.717, 1.165) is 11.1 Å². The molecule has 5 heteroatoms. The first kappa shape index (κ1) is 11.9. The van der Waals surface area contributed by atoms with E-state index in [1.54, 1.807) is 19.1 Å². The molecule has 0 aliphatic heterocycles. The van der Waals surface area contributed by atoms with Gasteiger partial charge in [0.2, 0.25) is 0 Å². The van der Waals surface area contributed by atoms with Crippen LogP contribution in [0.3, 0.4) is 0 Å². The van der Waals surface area contributed by atoms with E-state index in [0.29, 0.717) is 0 Å². The van der Waals surface area contributed by atoms with Crippen molar-refractivity contribution in [1.82, 2.24) is 0 Å². The topological polar surface area (TPSA) is 69.4 Å². The minimum Gasteiger partial charge on any atom is -0.466 e. The molecule has 0 spiro atoms. The monoisotopic (exact) mass is 221 g/mol. The first-order valence-corrected chi connectivity index (χ1v) is 4.55. The number of methoxy groups -OCH3 is 1. The maximum atomic E-state index is 10.9. The Morgan fingerprint density at radius 1 is 1.50 bits per heavy atom. The molecule has 0 radical (unpaired) electrons. The molecule has 0 N–H and O–H groups in total. The number of hydrogen-bond donors (Lipinski definition) is 0. The first-order valence-electron chi connectivity index (χ1n) is 4.55. The molecule has 0 aliphatic rings. The van der Waals surface area contributed by atoms with Crippen molar-refractivity contribution >= 4 is 17.7 Å². The Morgan fingerprint density at radius 3 is 2.69 bits per heavy atom. The van der Waals surface area contributed by atoms with Crippen molar-refractivity contribution in [2.24, 2.45) is 0 Å². The van der Waals surface area contributed by atoms with Crippen molar-refractivity contribution in [3.63, 3.8) is 0 Å². The zero-order valence-electron chi connectivity index (χ0n) is 8.97. The van der Waals surface area contributed by atoms with Gasteiger partial charge in [-0.05, 0) is 30.2 Å². The lowest BCUT2D eigenvalue weighted by Gasteiger charge is -1.99. The van der Waals surface area contributed by atoms with Gasteiger partial charge in [-0.2, -0.15) is 0 Å². The average molecular weight is 221 g/mol. The molecule has 0 amide bonds. The summed E-state index contributed by atoms with van der Waals surface area (Å²) >= 11 is 0. The molecule has 5 nitrogen and oxygen atoms in total. The summed E-state index contributed by atoms with van der Waals surface area (Å²) in [6.07, 6.45) is 2.83. The van der Waals surface area contributed by atoms with Gasteiger partial charge in [-0.3, -0.25) is 10.1 Å². The molecule has 0 aromatic heterocycles. The predicted molar refractivity (Wildman–Crippen MR) is 58.9 cm³/mol. The summed E-state index contributed by atoms with van der Waals surface area (Å²) in [6, 6.07) is 4.44. The van der Waals surface area contributed by atoms with Gasteiger partial charge in [-0.25, -0.2) is 4.79 Å². The van der Waals surface area contributed by atoms with Crippen LogP contribution in [0, 0.1) is 17.0 Å². The Kier molecular flexibility index (Phi) is 3.77. The zero-order valence-corrected chi connectivity index (χ0v) is 8.97. The molecule has 0 atom stereocenters. The quantitative estimate of drug-likeness (QED) is 0.339. The van der Waals surface area contributed by atoms with Crippen molar-refractivity contribution < 1.29 is 14.5 Å². The van der Waals surface area contributed by atoms with Gasteiger partial charge in [-0.15, -0.1) is 0 Å². The number of non-ortho nitro benzene ring substituents is 1. The maximum Gasteiger partial charge on any atom is 0.330 e. The van der Waals surface area contributed by atoms with Gasteiger partial charge < -0.3 is 4.74 Å². The Morgan fingerprint density at radius 2 is 2.19 bits per heavy atom. The minimum absolute atomic E-state index is 0.0349. The molecule has 84 valence electrons. The van der Waals surface area contributed by atoms with Crippen molar-refractivity contribution in [3.05, 3.63) is 45.5 Å². The van der Waals surface area contributed by atoms with Gasteiger partial charge in [0, 0.05) is 18.2 Å². The number of nitro benzene ring substituents is 1. The summed E-state index contributed by atoms with van der Waals surface area (Å²) in [5, 5.41) is 10.5. The molecule has 0 saturated heterocycles. The number of nitrogens with zero attached hydrogens (tertiary/aromatic N) is 1. The normalized spacial score (nSPS) is 10.4. The van der Waals surface area contributed by atoms with Gasteiger partial charge in [-0.1, -0.05) is 0 Å². The van der Waals surface area contributed by atoms with E-state index < -0.39 is 10.9 Å². The van der Waals surface area contributed by atoms with Crippen LogP contribution >= 0.6 is 0 Å². The maximum absolute atomic E-state index is 10.9. The molecule has 0 fully saturated rings. The highest BCUT2D eigenvalue weighted by atomic mass is 16.6. The van der Waals surface area contributed by atoms with E-state index in [2.05, 4.69) is 4.74 Å². The smallest absolute Gasteiger partial charge is 0.330 e. The summed E-state index contributed by atoms with van der Waals surface area (Å²) < 4.78 is 4.44. The fourth-order valence-electron chi connectivity index (χ4n) is 1.19. The minimum atomic E-state index is -0.460. The molecular weight excluding hydrogens is 210 g/mol. The van der Waals surface area contributed by atoms with E-state index in [4.69, 9.17) is 0 Å². The van der Waals surface area contributed by atoms with Gasteiger partial charge in [0.05, 0.1) is 12.0 Å². The highest BCUT2D eigenvalue weighted by Gasteiger charge is 2.06. The van der Waals surface area contributed by atoms with E-state index in [1.807, 2.05) is 0 Å². The van der Waals surface area contributed by atoms with Crippen LogP contribution in [0.15, 0.2) is 24.3 Å². The lowest BCUT2D eigenvalue weighted by molar-refractivity contribution is -0.384. The Labute approximate surface area is 92.5 Å². The number of aryl methyl sites for hydroxylation is 1. The zero-order chi connectivity index (χ0) is 12.1. The van der Waals surface area contributed by atoms with Gasteiger partial charge in [0.25, 0.3) is 5.69 Å². The summed E-state index contributed by atoms with van der Waals surface area (Å²) in [6.45, 7) is 1.74. The predicted octanol–water partition coefficient (Wildman–Crippen LogP) is 2.09. The van der Waals surface area contributed by atoms with Crippen molar-refractivity contribution in [2.75, 3.05) is 7.11 Å². The Balaban J connectivity index is 2.95. The number of carbonyl (C=O) groups is 1. The third-order valence-corrected chi connectivity index (χ3v) is 2.06. The average Bonchev–Trinajstić information content (AvgIpc) is 2.26. The second-order valence-electron chi connectivity index (χ2n) is 3.15. The van der Waals surface area contributed by atoms with Gasteiger partial charge in [0.1, 0.15) is 0 Å². The highest BCUT2D eigenvalue weighted by Crippen LogP contribution is 2.18. The standard InChI is InChI=1S/C11H11NO4/c1-8-7-10(12(14)15)5-3-9(8)4-6-11(13)16-2/h3-7H,1-2H3/b6-4+. The van der Waals surface area contributed by atoms with Crippen molar-refractivity contribution in [3.8, 4) is 0 Å². The largest absolute Gasteiger partial charge is 0.466 e. The lowest BCUT2D eigenvalue weighted by Crippen LogP contribution is -1.94. The van der Waals surface area contributed by atoms with Gasteiger partial charge in [0.15, 0.2) is 0 Å². The molecule has 1 aromatic rings. The fraction of sp³-hybridized carbons (Fsp3) is 0.182. The molecule has 0 bridgehead atoms. The van der Waals surface area contributed by atoms with Crippen LogP contribution in [-0.2, 0) is 9.53 Å². The fourth-order valence-corrected chi connectivity index (χ4v) is 1.19. The van der Waals surface area contributed by atoms with Crippen LogP contribution in [-0.4, -0.2) is 18.0 Å². The Hall–Kier alpha value is -2.17. The van der Waals surface area contributed by atoms with Crippen LogP contribution < -0.4 is 0 Å². The van der Waals surface area contributed by atoms with Gasteiger partial charge >= 0.3 is 5.97 Å². The summed E-state index contributed by atoms with van der Waals surface area (Å²) in [5.74, 6) is -0.460. The number of ether oxygens (including phenoxy) is 1. The number of esters is 1.